The molecule has 0 heterocycles. The van der Waals surface area contributed by atoms with E-state index in [1.807, 2.05) is 0 Å². The van der Waals surface area contributed by atoms with Gasteiger partial charge in [0.05, 0.1) is 0 Å². The van der Waals surface area contributed by atoms with Crippen LogP contribution in [0.4, 0.5) is 13.2 Å². The van der Waals surface area contributed by atoms with Crippen LogP contribution in [0, 0.1) is 5.41 Å². The van der Waals surface area contributed by atoms with E-state index in [-0.39, 0.29) is 12.4 Å². The van der Waals surface area contributed by atoms with E-state index in [9.17, 15) is 13.2 Å². The van der Waals surface area contributed by atoms with Gasteiger partial charge in [-0.1, -0.05) is 20.8 Å². The number of hydrogen-bond donors (Lipinski definition) is 2. The minimum absolute atomic E-state index is 0. The smallest absolute Gasteiger partial charge is 0.384 e. The van der Waals surface area contributed by atoms with Crippen LogP contribution >= 0.6 is 12.4 Å². The number of aliphatic hydroxyl groups excluding tert-OH is 1. The van der Waals surface area contributed by atoms with Gasteiger partial charge in [0.15, 0.2) is 6.10 Å². The molecule has 0 amide bonds. The van der Waals surface area contributed by atoms with Crippen molar-refractivity contribution in [1.29, 1.82) is 0 Å². The van der Waals surface area contributed by atoms with Gasteiger partial charge in [-0.3, -0.25) is 0 Å². The van der Waals surface area contributed by atoms with Gasteiger partial charge >= 0.3 is 6.18 Å². The van der Waals surface area contributed by atoms with Crippen LogP contribution in [0.5, 0.6) is 0 Å². The molecule has 6 heteroatoms. The molecule has 0 bridgehead atoms. The maximum Gasteiger partial charge on any atom is 0.414 e. The van der Waals surface area contributed by atoms with E-state index in [0.29, 0.717) is 0 Å². The maximum absolute atomic E-state index is 11.9. The lowest BCUT2D eigenvalue weighted by Gasteiger charge is -2.29. The van der Waals surface area contributed by atoms with E-state index in [1.165, 1.54) is 0 Å². The Bertz CT molecular complexity index is 149. The molecular formula is C8H17ClF3NO. The minimum atomic E-state index is -4.57. The van der Waals surface area contributed by atoms with E-state index in [1.54, 1.807) is 20.8 Å². The highest BCUT2D eigenvalue weighted by Gasteiger charge is 2.40. The van der Waals surface area contributed by atoms with E-state index in [2.05, 4.69) is 0 Å². The number of halogens is 4. The summed E-state index contributed by atoms with van der Waals surface area (Å²) < 4.78 is 35.7. The summed E-state index contributed by atoms with van der Waals surface area (Å²) in [6, 6.07) is -0.663. The first-order chi connectivity index (χ1) is 5.55. The summed E-state index contributed by atoms with van der Waals surface area (Å²) in [5.41, 5.74) is 5.06. The largest absolute Gasteiger partial charge is 0.414 e. The van der Waals surface area contributed by atoms with Gasteiger partial charge in [0, 0.05) is 6.04 Å². The molecule has 0 rings (SSSR count). The fourth-order valence-corrected chi connectivity index (χ4v) is 0.728. The van der Waals surface area contributed by atoms with Crippen LogP contribution in [0.1, 0.15) is 27.2 Å². The second kappa shape index (κ2) is 5.19. The first kappa shape index (κ1) is 16.4. The SMILES string of the molecule is CC(C)(C)[C@H](N)C[C@@H](O)C(F)(F)F.Cl. The second-order valence-corrected chi connectivity index (χ2v) is 4.27. The Kier molecular flexibility index (Phi) is 6.09. The summed E-state index contributed by atoms with van der Waals surface area (Å²) in [5, 5.41) is 8.71. The van der Waals surface area contributed by atoms with E-state index >= 15 is 0 Å². The van der Waals surface area contributed by atoms with Crippen molar-refractivity contribution < 1.29 is 18.3 Å². The zero-order chi connectivity index (χ0) is 10.9. The standard InChI is InChI=1S/C8H16F3NO.ClH/c1-7(2,3)5(12)4-6(13)8(9,10)11;/h5-6,13H,4,12H2,1-3H3;1H/t5-,6-;/m1./s1. The van der Waals surface area contributed by atoms with Crippen LogP contribution in [-0.4, -0.2) is 23.4 Å². The molecule has 0 saturated carbocycles. The molecule has 0 radical (unpaired) electrons. The summed E-state index contributed by atoms with van der Waals surface area (Å²) in [7, 11) is 0. The number of aliphatic hydroxyl groups is 1. The molecule has 0 aliphatic carbocycles. The molecule has 0 aromatic carbocycles. The Morgan fingerprint density at radius 1 is 1.21 bits per heavy atom. The van der Waals surface area contributed by atoms with Crippen molar-refractivity contribution in [2.75, 3.05) is 0 Å². The van der Waals surface area contributed by atoms with Gasteiger partial charge in [0.1, 0.15) is 0 Å². The molecular weight excluding hydrogens is 219 g/mol. The van der Waals surface area contributed by atoms with Gasteiger partial charge in [-0.15, -0.1) is 12.4 Å². The summed E-state index contributed by atoms with van der Waals surface area (Å²) in [4.78, 5) is 0. The van der Waals surface area contributed by atoms with Crippen molar-refractivity contribution in [2.45, 2.75) is 45.5 Å². The van der Waals surface area contributed by atoms with Gasteiger partial charge < -0.3 is 10.8 Å². The van der Waals surface area contributed by atoms with Gasteiger partial charge in [-0.05, 0) is 11.8 Å². The molecule has 0 aliphatic rings. The number of hydrogen-bond acceptors (Lipinski definition) is 2. The lowest BCUT2D eigenvalue weighted by molar-refractivity contribution is -0.207. The number of rotatable bonds is 2. The molecule has 0 fully saturated rings. The lowest BCUT2D eigenvalue weighted by atomic mass is 9.84. The molecule has 0 saturated heterocycles. The summed E-state index contributed by atoms with van der Waals surface area (Å²) in [6.45, 7) is 5.21. The zero-order valence-electron chi connectivity index (χ0n) is 8.43. The molecule has 14 heavy (non-hydrogen) atoms. The Hall–Kier alpha value is -0.0000000000000000555. The Balaban J connectivity index is 0. The molecule has 3 N–H and O–H groups in total. The zero-order valence-corrected chi connectivity index (χ0v) is 9.25. The predicted molar refractivity (Wildman–Crippen MR) is 51.4 cm³/mol. The Morgan fingerprint density at radius 3 is 1.79 bits per heavy atom. The van der Waals surface area contributed by atoms with Crippen molar-refractivity contribution in [3.63, 3.8) is 0 Å². The van der Waals surface area contributed by atoms with Crippen LogP contribution in [0.15, 0.2) is 0 Å². The first-order valence-electron chi connectivity index (χ1n) is 4.05. The highest BCUT2D eigenvalue weighted by atomic mass is 35.5. The van der Waals surface area contributed by atoms with Crippen LogP contribution in [0.2, 0.25) is 0 Å². The predicted octanol–water partition coefficient (Wildman–Crippen LogP) is 2.09. The van der Waals surface area contributed by atoms with Crippen molar-refractivity contribution in [3.8, 4) is 0 Å². The average Bonchev–Trinajstić information content (AvgIpc) is 1.82. The van der Waals surface area contributed by atoms with Crippen LogP contribution in [-0.2, 0) is 0 Å². The Morgan fingerprint density at radius 2 is 1.57 bits per heavy atom. The molecule has 88 valence electrons. The third kappa shape index (κ3) is 5.67. The van der Waals surface area contributed by atoms with Gasteiger partial charge in [-0.25, -0.2) is 0 Å². The van der Waals surface area contributed by atoms with Gasteiger partial charge in [0.25, 0.3) is 0 Å². The molecule has 0 aromatic heterocycles. The molecule has 0 spiro atoms. The first-order valence-corrected chi connectivity index (χ1v) is 4.05. The summed E-state index contributed by atoms with van der Waals surface area (Å²) in [5.74, 6) is 0. The van der Waals surface area contributed by atoms with Gasteiger partial charge in [-0.2, -0.15) is 13.2 Å². The quantitative estimate of drug-likeness (QED) is 0.770. The van der Waals surface area contributed by atoms with Crippen LogP contribution < -0.4 is 5.73 Å². The fraction of sp³-hybridized carbons (Fsp3) is 1.00. The minimum Gasteiger partial charge on any atom is -0.384 e. The normalized spacial score (nSPS) is 17.1. The third-order valence-electron chi connectivity index (χ3n) is 1.97. The van der Waals surface area contributed by atoms with E-state index < -0.39 is 30.2 Å². The van der Waals surface area contributed by atoms with Gasteiger partial charge in [0.2, 0.25) is 0 Å². The topological polar surface area (TPSA) is 46.2 Å². The van der Waals surface area contributed by atoms with Crippen molar-refractivity contribution in [2.24, 2.45) is 11.1 Å². The third-order valence-corrected chi connectivity index (χ3v) is 1.97. The monoisotopic (exact) mass is 235 g/mol. The van der Waals surface area contributed by atoms with Crippen molar-refractivity contribution in [3.05, 3.63) is 0 Å². The highest BCUT2D eigenvalue weighted by molar-refractivity contribution is 5.85. The van der Waals surface area contributed by atoms with E-state index in [4.69, 9.17) is 10.8 Å². The lowest BCUT2D eigenvalue weighted by Crippen LogP contribution is -2.42. The second-order valence-electron chi connectivity index (χ2n) is 4.27. The molecule has 0 aromatic rings. The number of nitrogens with two attached hydrogens (primary N) is 1. The highest BCUT2D eigenvalue weighted by Crippen LogP contribution is 2.27. The summed E-state index contributed by atoms with van der Waals surface area (Å²) >= 11 is 0. The van der Waals surface area contributed by atoms with Crippen molar-refractivity contribution >= 4 is 12.4 Å². The molecule has 0 aliphatic heterocycles. The molecule has 2 nitrogen and oxygen atoms in total. The average molecular weight is 236 g/mol. The number of alkyl halides is 3. The van der Waals surface area contributed by atoms with Crippen molar-refractivity contribution in [1.82, 2.24) is 0 Å². The maximum atomic E-state index is 11.9. The molecule has 0 unspecified atom stereocenters. The van der Waals surface area contributed by atoms with E-state index in [0.717, 1.165) is 0 Å². The Labute approximate surface area is 88.1 Å². The van der Waals surface area contributed by atoms with Crippen LogP contribution in [0.3, 0.4) is 0 Å². The van der Waals surface area contributed by atoms with Crippen LogP contribution in [0.25, 0.3) is 0 Å². The molecule has 2 atom stereocenters. The summed E-state index contributed by atoms with van der Waals surface area (Å²) in [6.07, 6.45) is -7.34. The fourth-order valence-electron chi connectivity index (χ4n) is 0.728.